The lowest BCUT2D eigenvalue weighted by Crippen LogP contribution is -1.95. The normalized spacial score (nSPS) is 11.5. The third-order valence-corrected chi connectivity index (χ3v) is 3.22. The molecule has 0 aliphatic carbocycles. The SMILES string of the molecule is Cc1cc2nc(CN)cn2c2ccc(Cl)cc12. The number of rotatable bonds is 1. The van der Waals surface area contributed by atoms with E-state index in [1.807, 2.05) is 24.4 Å². The number of nitrogens with zero attached hydrogens (tertiary/aromatic N) is 2. The zero-order valence-corrected chi connectivity index (χ0v) is 10.2. The highest BCUT2D eigenvalue weighted by Crippen LogP contribution is 2.24. The van der Waals surface area contributed by atoms with Crippen LogP contribution in [0.2, 0.25) is 5.02 Å². The maximum absolute atomic E-state index is 6.03. The first kappa shape index (κ1) is 10.6. The summed E-state index contributed by atoms with van der Waals surface area (Å²) >= 11 is 6.03. The second kappa shape index (κ2) is 3.72. The van der Waals surface area contributed by atoms with Gasteiger partial charge in [-0.25, -0.2) is 4.98 Å². The number of aryl methyl sites for hydroxylation is 1. The van der Waals surface area contributed by atoms with Gasteiger partial charge in [-0.2, -0.15) is 0 Å². The minimum absolute atomic E-state index is 0.454. The summed E-state index contributed by atoms with van der Waals surface area (Å²) in [4.78, 5) is 4.47. The molecule has 0 saturated heterocycles. The van der Waals surface area contributed by atoms with E-state index in [2.05, 4.69) is 22.4 Å². The molecular weight excluding hydrogens is 234 g/mol. The fourth-order valence-corrected chi connectivity index (χ4v) is 2.32. The van der Waals surface area contributed by atoms with Gasteiger partial charge in [0.05, 0.1) is 11.2 Å². The summed E-state index contributed by atoms with van der Waals surface area (Å²) in [5.41, 5.74) is 9.73. The fraction of sp³-hybridized carbons (Fsp3) is 0.154. The van der Waals surface area contributed by atoms with E-state index in [0.29, 0.717) is 6.54 Å². The summed E-state index contributed by atoms with van der Waals surface area (Å²) in [5.74, 6) is 0. The molecule has 0 fully saturated rings. The van der Waals surface area contributed by atoms with E-state index in [0.717, 1.165) is 27.3 Å². The minimum atomic E-state index is 0.454. The predicted octanol–water partition coefficient (Wildman–Crippen LogP) is 2.91. The van der Waals surface area contributed by atoms with Crippen LogP contribution in [-0.4, -0.2) is 9.38 Å². The minimum Gasteiger partial charge on any atom is -0.325 e. The quantitative estimate of drug-likeness (QED) is 0.716. The maximum atomic E-state index is 6.03. The Balaban J connectivity index is 2.49. The Morgan fingerprint density at radius 2 is 2.18 bits per heavy atom. The van der Waals surface area contributed by atoms with Crippen LogP contribution in [0, 0.1) is 6.92 Å². The van der Waals surface area contributed by atoms with Crippen molar-refractivity contribution in [2.75, 3.05) is 0 Å². The first-order chi connectivity index (χ1) is 8.19. The van der Waals surface area contributed by atoms with E-state index in [1.165, 1.54) is 5.56 Å². The predicted molar refractivity (Wildman–Crippen MR) is 70.3 cm³/mol. The number of pyridine rings is 1. The molecule has 0 unspecified atom stereocenters. The van der Waals surface area contributed by atoms with Crippen molar-refractivity contribution in [1.29, 1.82) is 0 Å². The fourth-order valence-electron chi connectivity index (χ4n) is 2.14. The molecule has 3 nitrogen and oxygen atoms in total. The molecule has 0 amide bonds. The Morgan fingerprint density at radius 1 is 1.35 bits per heavy atom. The topological polar surface area (TPSA) is 43.3 Å². The van der Waals surface area contributed by atoms with Crippen molar-refractivity contribution in [2.24, 2.45) is 5.73 Å². The van der Waals surface area contributed by atoms with Crippen LogP contribution in [-0.2, 0) is 6.54 Å². The molecule has 3 aromatic rings. The smallest absolute Gasteiger partial charge is 0.137 e. The first-order valence-electron chi connectivity index (χ1n) is 5.46. The molecule has 0 bridgehead atoms. The number of fused-ring (bicyclic) bond motifs is 3. The number of halogens is 1. The number of hydrogen-bond donors (Lipinski definition) is 1. The Bertz CT molecular complexity index is 715. The number of aromatic nitrogens is 2. The third-order valence-electron chi connectivity index (χ3n) is 2.98. The molecule has 0 spiro atoms. The zero-order chi connectivity index (χ0) is 12.0. The lowest BCUT2D eigenvalue weighted by atomic mass is 10.1. The molecule has 0 atom stereocenters. The standard InChI is InChI=1S/C13H12ClN3/c1-8-4-13-16-10(6-15)7-17(13)12-3-2-9(14)5-11(8)12/h2-5,7H,6,15H2,1H3. The zero-order valence-electron chi connectivity index (χ0n) is 9.44. The van der Waals surface area contributed by atoms with Crippen molar-refractivity contribution in [3.8, 4) is 0 Å². The van der Waals surface area contributed by atoms with Crippen molar-refractivity contribution in [3.63, 3.8) is 0 Å². The highest BCUT2D eigenvalue weighted by molar-refractivity contribution is 6.31. The average Bonchev–Trinajstić information content (AvgIpc) is 2.72. The van der Waals surface area contributed by atoms with E-state index in [9.17, 15) is 0 Å². The Hall–Kier alpha value is -1.58. The Labute approximate surface area is 104 Å². The van der Waals surface area contributed by atoms with E-state index in [1.54, 1.807) is 0 Å². The van der Waals surface area contributed by atoms with Crippen LogP contribution in [0.25, 0.3) is 16.6 Å². The van der Waals surface area contributed by atoms with Gasteiger partial charge in [0.1, 0.15) is 5.65 Å². The monoisotopic (exact) mass is 245 g/mol. The van der Waals surface area contributed by atoms with Crippen LogP contribution in [0.15, 0.2) is 30.5 Å². The second-order valence-corrected chi connectivity index (χ2v) is 4.59. The van der Waals surface area contributed by atoms with Crippen LogP contribution in [0.3, 0.4) is 0 Å². The Kier molecular flexibility index (Phi) is 2.31. The number of imidazole rings is 1. The summed E-state index contributed by atoms with van der Waals surface area (Å²) < 4.78 is 2.06. The highest BCUT2D eigenvalue weighted by atomic mass is 35.5. The number of benzene rings is 1. The van der Waals surface area contributed by atoms with Crippen molar-refractivity contribution < 1.29 is 0 Å². The average molecular weight is 246 g/mol. The summed E-state index contributed by atoms with van der Waals surface area (Å²) in [6.45, 7) is 2.52. The van der Waals surface area contributed by atoms with Gasteiger partial charge in [0.25, 0.3) is 0 Å². The van der Waals surface area contributed by atoms with E-state index >= 15 is 0 Å². The van der Waals surface area contributed by atoms with Crippen LogP contribution in [0.1, 0.15) is 11.3 Å². The van der Waals surface area contributed by atoms with Crippen LogP contribution in [0.5, 0.6) is 0 Å². The van der Waals surface area contributed by atoms with Crippen molar-refractivity contribution >= 4 is 28.2 Å². The number of hydrogen-bond acceptors (Lipinski definition) is 2. The van der Waals surface area contributed by atoms with Crippen molar-refractivity contribution in [2.45, 2.75) is 13.5 Å². The van der Waals surface area contributed by atoms with E-state index < -0.39 is 0 Å². The summed E-state index contributed by atoms with van der Waals surface area (Å²) in [6, 6.07) is 7.94. The molecule has 86 valence electrons. The molecule has 1 aromatic carbocycles. The molecule has 0 saturated carbocycles. The molecule has 0 aliphatic heterocycles. The van der Waals surface area contributed by atoms with E-state index in [-0.39, 0.29) is 0 Å². The van der Waals surface area contributed by atoms with Gasteiger partial charge >= 0.3 is 0 Å². The van der Waals surface area contributed by atoms with E-state index in [4.69, 9.17) is 17.3 Å². The molecule has 2 aromatic heterocycles. The molecule has 17 heavy (non-hydrogen) atoms. The van der Waals surface area contributed by atoms with Crippen molar-refractivity contribution in [3.05, 3.63) is 46.7 Å². The molecule has 2 N–H and O–H groups in total. The highest BCUT2D eigenvalue weighted by Gasteiger charge is 2.07. The molecule has 0 radical (unpaired) electrons. The third kappa shape index (κ3) is 1.59. The summed E-state index contributed by atoms with van der Waals surface area (Å²) in [5, 5.41) is 1.89. The molecule has 0 aliphatic rings. The maximum Gasteiger partial charge on any atom is 0.137 e. The molecule has 2 heterocycles. The van der Waals surface area contributed by atoms with Gasteiger partial charge in [-0.15, -0.1) is 0 Å². The lowest BCUT2D eigenvalue weighted by Gasteiger charge is -2.05. The van der Waals surface area contributed by atoms with Crippen LogP contribution in [0.4, 0.5) is 0 Å². The second-order valence-electron chi connectivity index (χ2n) is 4.15. The molecular formula is C13H12ClN3. The van der Waals surface area contributed by atoms with Gasteiger partial charge < -0.3 is 5.73 Å². The molecule has 3 rings (SSSR count). The van der Waals surface area contributed by atoms with Gasteiger partial charge in [0.15, 0.2) is 0 Å². The van der Waals surface area contributed by atoms with Gasteiger partial charge in [-0.1, -0.05) is 11.6 Å². The number of nitrogens with two attached hydrogens (primary N) is 1. The Morgan fingerprint density at radius 3 is 2.94 bits per heavy atom. The van der Waals surface area contributed by atoms with Crippen LogP contribution < -0.4 is 5.73 Å². The van der Waals surface area contributed by atoms with Gasteiger partial charge in [0, 0.05) is 23.2 Å². The van der Waals surface area contributed by atoms with Crippen LogP contribution >= 0.6 is 11.6 Å². The summed E-state index contributed by atoms with van der Waals surface area (Å²) in [7, 11) is 0. The molecule has 4 heteroatoms. The summed E-state index contributed by atoms with van der Waals surface area (Å²) in [6.07, 6.45) is 1.98. The first-order valence-corrected chi connectivity index (χ1v) is 5.84. The lowest BCUT2D eigenvalue weighted by molar-refractivity contribution is 1.02. The largest absolute Gasteiger partial charge is 0.325 e. The van der Waals surface area contributed by atoms with Crippen molar-refractivity contribution in [1.82, 2.24) is 9.38 Å². The van der Waals surface area contributed by atoms with Gasteiger partial charge in [-0.3, -0.25) is 4.40 Å². The van der Waals surface area contributed by atoms with Gasteiger partial charge in [-0.05, 0) is 36.8 Å². The van der Waals surface area contributed by atoms with Gasteiger partial charge in [0.2, 0.25) is 0 Å².